The fourth-order valence-corrected chi connectivity index (χ4v) is 3.96. The van der Waals surface area contributed by atoms with Crippen molar-refractivity contribution in [3.63, 3.8) is 0 Å². The van der Waals surface area contributed by atoms with Crippen LogP contribution in [0.5, 0.6) is 0 Å². The van der Waals surface area contributed by atoms with Crippen molar-refractivity contribution < 1.29 is 8.42 Å². The maximum atomic E-state index is 11.4. The van der Waals surface area contributed by atoms with Crippen molar-refractivity contribution in [2.24, 2.45) is 0 Å². The lowest BCUT2D eigenvalue weighted by molar-refractivity contribution is 0.287. The molecule has 0 saturated carbocycles. The molecule has 0 spiro atoms. The number of rotatable bonds is 3. The van der Waals surface area contributed by atoms with Gasteiger partial charge in [0.05, 0.1) is 11.5 Å². The summed E-state index contributed by atoms with van der Waals surface area (Å²) in [4.78, 5) is 2.19. The topological polar surface area (TPSA) is 63.4 Å². The van der Waals surface area contributed by atoms with Crippen LogP contribution in [0.1, 0.15) is 5.56 Å². The number of nitrogen functional groups attached to an aromatic ring is 1. The predicted octanol–water partition coefficient (Wildman–Crippen LogP) is 2.17. The molecule has 0 aromatic heterocycles. The summed E-state index contributed by atoms with van der Waals surface area (Å²) in [5.74, 6) is 0.544. The minimum Gasteiger partial charge on any atom is -0.399 e. The van der Waals surface area contributed by atoms with E-state index in [1.165, 1.54) is 5.56 Å². The molecule has 0 atom stereocenters. The maximum Gasteiger partial charge on any atom is 0.152 e. The van der Waals surface area contributed by atoms with E-state index >= 15 is 0 Å². The van der Waals surface area contributed by atoms with Crippen LogP contribution in [0.4, 0.5) is 5.69 Å². The molecule has 0 unspecified atom stereocenters. The van der Waals surface area contributed by atoms with Crippen LogP contribution in [-0.2, 0) is 16.4 Å². The monoisotopic (exact) mass is 316 g/mol. The van der Waals surface area contributed by atoms with Gasteiger partial charge in [-0.05, 0) is 28.8 Å². The summed E-state index contributed by atoms with van der Waals surface area (Å²) < 4.78 is 22.9. The van der Waals surface area contributed by atoms with Crippen LogP contribution < -0.4 is 5.73 Å². The first-order valence-corrected chi connectivity index (χ1v) is 9.22. The first kappa shape index (κ1) is 15.1. The Morgan fingerprint density at radius 2 is 1.64 bits per heavy atom. The number of nitrogens with two attached hydrogens (primary N) is 1. The Kier molecular flexibility index (Phi) is 4.18. The zero-order valence-corrected chi connectivity index (χ0v) is 13.2. The van der Waals surface area contributed by atoms with Crippen LogP contribution in [-0.4, -0.2) is 37.9 Å². The largest absolute Gasteiger partial charge is 0.399 e. The van der Waals surface area contributed by atoms with Crippen molar-refractivity contribution in [3.05, 3.63) is 54.1 Å². The molecule has 0 amide bonds. The van der Waals surface area contributed by atoms with Crippen molar-refractivity contribution in [3.8, 4) is 11.1 Å². The summed E-state index contributed by atoms with van der Waals surface area (Å²) >= 11 is 0. The highest BCUT2D eigenvalue weighted by molar-refractivity contribution is 7.91. The van der Waals surface area contributed by atoms with Gasteiger partial charge in [-0.15, -0.1) is 0 Å². The molecule has 1 aliphatic heterocycles. The minimum atomic E-state index is -2.81. The van der Waals surface area contributed by atoms with Crippen LogP contribution in [0.3, 0.4) is 0 Å². The number of benzene rings is 2. The Bertz CT molecular complexity index is 740. The molecular formula is C17H20N2O2S. The summed E-state index contributed by atoms with van der Waals surface area (Å²) in [5, 5.41) is 0. The van der Waals surface area contributed by atoms with Gasteiger partial charge in [0.1, 0.15) is 0 Å². The van der Waals surface area contributed by atoms with E-state index in [4.69, 9.17) is 5.73 Å². The molecule has 2 N–H and O–H groups in total. The lowest BCUT2D eigenvalue weighted by Crippen LogP contribution is -2.39. The summed E-state index contributed by atoms with van der Waals surface area (Å²) in [6.07, 6.45) is 0. The highest BCUT2D eigenvalue weighted by Gasteiger charge is 2.21. The van der Waals surface area contributed by atoms with Gasteiger partial charge < -0.3 is 5.73 Å². The van der Waals surface area contributed by atoms with Crippen molar-refractivity contribution in [1.29, 1.82) is 0 Å². The molecule has 0 radical (unpaired) electrons. The Balaban J connectivity index is 1.67. The zero-order valence-electron chi connectivity index (χ0n) is 12.4. The molecule has 3 rings (SSSR count). The Morgan fingerprint density at radius 3 is 2.27 bits per heavy atom. The van der Waals surface area contributed by atoms with Gasteiger partial charge in [0.15, 0.2) is 9.84 Å². The van der Waals surface area contributed by atoms with Crippen molar-refractivity contribution in [2.75, 3.05) is 30.3 Å². The predicted molar refractivity (Wildman–Crippen MR) is 90.2 cm³/mol. The van der Waals surface area contributed by atoms with E-state index < -0.39 is 9.84 Å². The van der Waals surface area contributed by atoms with Crippen LogP contribution in [0, 0.1) is 0 Å². The van der Waals surface area contributed by atoms with E-state index in [0.717, 1.165) is 23.4 Å². The van der Waals surface area contributed by atoms with E-state index in [1.807, 2.05) is 24.3 Å². The molecule has 2 aromatic carbocycles. The van der Waals surface area contributed by atoms with E-state index in [-0.39, 0.29) is 11.5 Å². The third kappa shape index (κ3) is 3.67. The molecule has 22 heavy (non-hydrogen) atoms. The molecule has 1 aliphatic rings. The lowest BCUT2D eigenvalue weighted by atomic mass is 10.0. The number of anilines is 1. The normalized spacial score (nSPS) is 18.2. The van der Waals surface area contributed by atoms with Gasteiger partial charge in [-0.3, -0.25) is 4.90 Å². The number of hydrogen-bond donors (Lipinski definition) is 1. The molecule has 0 aliphatic carbocycles. The number of sulfone groups is 1. The van der Waals surface area contributed by atoms with E-state index in [0.29, 0.717) is 13.1 Å². The fourth-order valence-electron chi connectivity index (χ4n) is 2.69. The van der Waals surface area contributed by atoms with Crippen LogP contribution in [0.15, 0.2) is 48.5 Å². The molecule has 4 nitrogen and oxygen atoms in total. The van der Waals surface area contributed by atoms with Crippen molar-refractivity contribution in [1.82, 2.24) is 4.90 Å². The molecule has 5 heteroatoms. The second-order valence-corrected chi connectivity index (χ2v) is 8.05. The van der Waals surface area contributed by atoms with E-state index in [1.54, 1.807) is 0 Å². The molecule has 0 bridgehead atoms. The smallest absolute Gasteiger partial charge is 0.152 e. The van der Waals surface area contributed by atoms with Gasteiger partial charge in [-0.25, -0.2) is 8.42 Å². The Morgan fingerprint density at radius 1 is 0.955 bits per heavy atom. The zero-order chi connectivity index (χ0) is 15.6. The highest BCUT2D eigenvalue weighted by atomic mass is 32.2. The van der Waals surface area contributed by atoms with E-state index in [2.05, 4.69) is 29.2 Å². The van der Waals surface area contributed by atoms with Crippen molar-refractivity contribution >= 4 is 15.5 Å². The van der Waals surface area contributed by atoms with Gasteiger partial charge in [0, 0.05) is 25.3 Å². The molecule has 1 fully saturated rings. The number of hydrogen-bond acceptors (Lipinski definition) is 4. The molecule has 2 aromatic rings. The maximum absolute atomic E-state index is 11.4. The summed E-state index contributed by atoms with van der Waals surface area (Å²) in [7, 11) is -2.81. The van der Waals surface area contributed by atoms with Crippen molar-refractivity contribution in [2.45, 2.75) is 6.54 Å². The summed E-state index contributed by atoms with van der Waals surface area (Å²) in [6.45, 7) is 2.05. The van der Waals surface area contributed by atoms with E-state index in [9.17, 15) is 8.42 Å². The highest BCUT2D eigenvalue weighted by Crippen LogP contribution is 2.22. The standard InChI is InChI=1S/C17H20N2O2S/c18-17-3-1-2-16(12-17)15-6-4-14(5-7-15)13-19-8-10-22(20,21)11-9-19/h1-7,12H,8-11,13,18H2. The molecular weight excluding hydrogens is 296 g/mol. The second-order valence-electron chi connectivity index (χ2n) is 5.75. The van der Waals surface area contributed by atoms with Gasteiger partial charge in [0.25, 0.3) is 0 Å². The summed E-state index contributed by atoms with van der Waals surface area (Å²) in [6, 6.07) is 16.2. The third-order valence-corrected chi connectivity index (χ3v) is 5.63. The van der Waals surface area contributed by atoms with Crippen LogP contribution >= 0.6 is 0 Å². The second kappa shape index (κ2) is 6.10. The first-order valence-electron chi connectivity index (χ1n) is 7.39. The quantitative estimate of drug-likeness (QED) is 0.882. The lowest BCUT2D eigenvalue weighted by Gasteiger charge is -2.26. The molecule has 1 saturated heterocycles. The fraction of sp³-hybridized carbons (Fsp3) is 0.294. The van der Waals surface area contributed by atoms with Gasteiger partial charge in [-0.2, -0.15) is 0 Å². The third-order valence-electron chi connectivity index (χ3n) is 4.02. The molecule has 116 valence electrons. The van der Waals surface area contributed by atoms with Crippen LogP contribution in [0.2, 0.25) is 0 Å². The SMILES string of the molecule is Nc1cccc(-c2ccc(CN3CCS(=O)(=O)CC3)cc2)c1. The average Bonchev–Trinajstić information content (AvgIpc) is 2.50. The Labute approximate surface area is 131 Å². The molecule has 1 heterocycles. The Hall–Kier alpha value is -1.85. The van der Waals surface area contributed by atoms with Gasteiger partial charge in [0.2, 0.25) is 0 Å². The minimum absolute atomic E-state index is 0.272. The average molecular weight is 316 g/mol. The summed E-state index contributed by atoms with van der Waals surface area (Å²) in [5.41, 5.74) is 10.0. The number of nitrogens with zero attached hydrogens (tertiary/aromatic N) is 1. The van der Waals surface area contributed by atoms with Gasteiger partial charge in [-0.1, -0.05) is 36.4 Å². The first-order chi connectivity index (χ1) is 10.5. The van der Waals surface area contributed by atoms with Gasteiger partial charge >= 0.3 is 0 Å². The van der Waals surface area contributed by atoms with Crippen LogP contribution in [0.25, 0.3) is 11.1 Å².